The molecule has 0 heterocycles. The minimum Gasteiger partial charge on any atom is -0.383 e. The van der Waals surface area contributed by atoms with Crippen molar-refractivity contribution in [3.05, 3.63) is 0 Å². The van der Waals surface area contributed by atoms with Crippen LogP contribution in [-0.2, 0) is 14.9 Å². The lowest BCUT2D eigenvalue weighted by atomic mass is 9.84. The fourth-order valence-corrected chi connectivity index (χ4v) is 4.26. The van der Waals surface area contributed by atoms with Crippen molar-refractivity contribution in [1.29, 1.82) is 0 Å². The summed E-state index contributed by atoms with van der Waals surface area (Å²) < 4.78 is 33.7. The summed E-state index contributed by atoms with van der Waals surface area (Å²) in [6.07, 6.45) is 4.14. The average Bonchev–Trinajstić information content (AvgIpc) is 2.40. The molecule has 6 nitrogen and oxygen atoms in total. The van der Waals surface area contributed by atoms with Gasteiger partial charge in [-0.2, -0.15) is 17.4 Å². The smallest absolute Gasteiger partial charge is 0.279 e. The lowest BCUT2D eigenvalue weighted by Gasteiger charge is -2.38. The number of nitrogens with one attached hydrogen (secondary N) is 1. The second-order valence-corrected chi connectivity index (χ2v) is 6.65. The van der Waals surface area contributed by atoms with Crippen molar-refractivity contribution in [1.82, 2.24) is 9.03 Å². The molecule has 1 saturated carbocycles. The second kappa shape index (κ2) is 8.16. The minimum absolute atomic E-state index is 0.0313. The second-order valence-electron chi connectivity index (χ2n) is 4.94. The lowest BCUT2D eigenvalue weighted by Crippen LogP contribution is -2.52. The first kappa shape index (κ1) is 16.8. The van der Waals surface area contributed by atoms with Crippen LogP contribution < -0.4 is 10.5 Å². The summed E-state index contributed by atoms with van der Waals surface area (Å²) in [6, 6.07) is 0.0313. The maximum absolute atomic E-state index is 12.3. The molecule has 7 heteroatoms. The Labute approximate surface area is 116 Å². The zero-order chi connectivity index (χ0) is 14.3. The molecule has 0 aromatic rings. The quantitative estimate of drug-likeness (QED) is 0.631. The van der Waals surface area contributed by atoms with Gasteiger partial charge in [-0.05, 0) is 25.3 Å². The Balaban J connectivity index is 2.73. The molecule has 2 unspecified atom stereocenters. The van der Waals surface area contributed by atoms with E-state index in [0.29, 0.717) is 26.2 Å². The molecule has 0 spiro atoms. The van der Waals surface area contributed by atoms with E-state index < -0.39 is 10.2 Å². The molecule has 2 atom stereocenters. The molecule has 0 aromatic heterocycles. The maximum atomic E-state index is 12.3. The van der Waals surface area contributed by atoms with Gasteiger partial charge in [0.15, 0.2) is 0 Å². The third kappa shape index (κ3) is 4.68. The van der Waals surface area contributed by atoms with E-state index in [4.69, 9.17) is 10.5 Å². The van der Waals surface area contributed by atoms with E-state index in [1.165, 1.54) is 0 Å². The molecule has 0 radical (unpaired) electrons. The first-order valence-corrected chi connectivity index (χ1v) is 8.46. The van der Waals surface area contributed by atoms with Crippen LogP contribution in [0.4, 0.5) is 0 Å². The van der Waals surface area contributed by atoms with Gasteiger partial charge >= 0.3 is 0 Å². The third-order valence-corrected chi connectivity index (χ3v) is 5.47. The molecular weight excluding hydrogens is 266 g/mol. The van der Waals surface area contributed by atoms with Crippen LogP contribution >= 0.6 is 0 Å². The summed E-state index contributed by atoms with van der Waals surface area (Å²) in [4.78, 5) is 0. The molecule has 0 bridgehead atoms. The van der Waals surface area contributed by atoms with Gasteiger partial charge in [0, 0.05) is 26.2 Å². The van der Waals surface area contributed by atoms with Gasteiger partial charge in [-0.3, -0.25) is 0 Å². The monoisotopic (exact) mass is 293 g/mol. The molecule has 1 rings (SSSR count). The maximum Gasteiger partial charge on any atom is 0.279 e. The van der Waals surface area contributed by atoms with E-state index in [2.05, 4.69) is 4.72 Å². The highest BCUT2D eigenvalue weighted by Crippen LogP contribution is 2.29. The van der Waals surface area contributed by atoms with Gasteiger partial charge in [-0.15, -0.1) is 0 Å². The van der Waals surface area contributed by atoms with Crippen molar-refractivity contribution in [2.45, 2.75) is 38.6 Å². The number of ether oxygens (including phenoxy) is 1. The molecule has 3 N–H and O–H groups in total. The Kier molecular flexibility index (Phi) is 7.23. The largest absolute Gasteiger partial charge is 0.383 e. The van der Waals surface area contributed by atoms with Crippen molar-refractivity contribution in [3.63, 3.8) is 0 Å². The van der Waals surface area contributed by atoms with Crippen LogP contribution in [0, 0.1) is 5.92 Å². The summed E-state index contributed by atoms with van der Waals surface area (Å²) in [6.45, 7) is 3.58. The van der Waals surface area contributed by atoms with E-state index in [0.717, 1.165) is 25.7 Å². The highest BCUT2D eigenvalue weighted by Gasteiger charge is 2.34. The normalized spacial score (nSPS) is 24.8. The molecule has 0 aromatic carbocycles. The Morgan fingerprint density at radius 1 is 1.37 bits per heavy atom. The topological polar surface area (TPSA) is 84.7 Å². The van der Waals surface area contributed by atoms with E-state index in [9.17, 15) is 8.42 Å². The third-order valence-electron chi connectivity index (χ3n) is 3.75. The average molecular weight is 293 g/mol. The van der Waals surface area contributed by atoms with Crippen LogP contribution in [0.25, 0.3) is 0 Å². The summed E-state index contributed by atoms with van der Waals surface area (Å²) in [7, 11) is -1.89. The van der Waals surface area contributed by atoms with Gasteiger partial charge in [0.1, 0.15) is 0 Å². The highest BCUT2D eigenvalue weighted by molar-refractivity contribution is 7.87. The number of hydrogen-bond donors (Lipinski definition) is 2. The van der Waals surface area contributed by atoms with Crippen LogP contribution in [0.15, 0.2) is 0 Å². The van der Waals surface area contributed by atoms with Crippen molar-refractivity contribution >= 4 is 10.2 Å². The fraction of sp³-hybridized carbons (Fsp3) is 1.00. The van der Waals surface area contributed by atoms with Crippen LogP contribution in [0.5, 0.6) is 0 Å². The van der Waals surface area contributed by atoms with Gasteiger partial charge in [-0.1, -0.05) is 19.8 Å². The fourth-order valence-electron chi connectivity index (χ4n) is 2.78. The van der Waals surface area contributed by atoms with E-state index in [1.807, 2.05) is 6.92 Å². The van der Waals surface area contributed by atoms with Crippen LogP contribution in [-0.4, -0.2) is 52.1 Å². The van der Waals surface area contributed by atoms with E-state index in [1.54, 1.807) is 11.4 Å². The van der Waals surface area contributed by atoms with Crippen LogP contribution in [0.1, 0.15) is 32.6 Å². The zero-order valence-electron chi connectivity index (χ0n) is 12.0. The molecule has 19 heavy (non-hydrogen) atoms. The standard InChI is InChI=1S/C12H27N3O3S/c1-3-15(19(16,17)14-8-9-18-2)12-7-5-4-6-11(12)10-13/h11-12,14H,3-10,13H2,1-2H3. The van der Waals surface area contributed by atoms with E-state index >= 15 is 0 Å². The molecule has 0 amide bonds. The molecule has 1 fully saturated rings. The molecule has 114 valence electrons. The summed E-state index contributed by atoms with van der Waals surface area (Å²) >= 11 is 0. The van der Waals surface area contributed by atoms with Crippen molar-refractivity contribution < 1.29 is 13.2 Å². The minimum atomic E-state index is -3.44. The summed E-state index contributed by atoms with van der Waals surface area (Å²) in [5.74, 6) is 0.271. The predicted molar refractivity (Wildman–Crippen MR) is 76.0 cm³/mol. The summed E-state index contributed by atoms with van der Waals surface area (Å²) in [5.41, 5.74) is 5.79. The first-order chi connectivity index (χ1) is 9.06. The van der Waals surface area contributed by atoms with Gasteiger partial charge in [0.05, 0.1) is 6.61 Å². The predicted octanol–water partition coefficient (Wildman–Crippen LogP) is 0.307. The SMILES string of the molecule is CCN(C1CCCCC1CN)S(=O)(=O)NCCOC. The van der Waals surface area contributed by atoms with Gasteiger partial charge in [0.25, 0.3) is 10.2 Å². The summed E-state index contributed by atoms with van der Waals surface area (Å²) in [5, 5.41) is 0. The van der Waals surface area contributed by atoms with Gasteiger partial charge < -0.3 is 10.5 Å². The van der Waals surface area contributed by atoms with E-state index in [-0.39, 0.29) is 12.0 Å². The van der Waals surface area contributed by atoms with Crippen molar-refractivity contribution in [2.75, 3.05) is 33.4 Å². The van der Waals surface area contributed by atoms with Crippen molar-refractivity contribution in [2.24, 2.45) is 11.7 Å². The lowest BCUT2D eigenvalue weighted by molar-refractivity contribution is 0.182. The Morgan fingerprint density at radius 3 is 2.63 bits per heavy atom. The zero-order valence-corrected chi connectivity index (χ0v) is 12.8. The Morgan fingerprint density at radius 2 is 2.05 bits per heavy atom. The number of rotatable bonds is 8. The van der Waals surface area contributed by atoms with Gasteiger partial charge in [0.2, 0.25) is 0 Å². The Bertz CT molecular complexity index is 348. The molecule has 0 saturated heterocycles. The Hall–Kier alpha value is -0.210. The molecule has 1 aliphatic carbocycles. The number of hydrogen-bond acceptors (Lipinski definition) is 4. The van der Waals surface area contributed by atoms with Crippen molar-refractivity contribution in [3.8, 4) is 0 Å². The number of nitrogens with zero attached hydrogens (tertiary/aromatic N) is 1. The number of methoxy groups -OCH3 is 1. The van der Waals surface area contributed by atoms with Gasteiger partial charge in [-0.25, -0.2) is 0 Å². The van der Waals surface area contributed by atoms with Crippen LogP contribution in [0.2, 0.25) is 0 Å². The first-order valence-electron chi connectivity index (χ1n) is 7.02. The molecule has 0 aliphatic heterocycles. The molecule has 1 aliphatic rings. The highest BCUT2D eigenvalue weighted by atomic mass is 32.2. The molecular formula is C12H27N3O3S. The number of nitrogens with two attached hydrogens (primary N) is 1. The van der Waals surface area contributed by atoms with Crippen LogP contribution in [0.3, 0.4) is 0 Å².